The number of hydrazine groups is 1. The van der Waals surface area contributed by atoms with Crippen LogP contribution in [0.3, 0.4) is 0 Å². The van der Waals surface area contributed by atoms with Crippen LogP contribution in [-0.2, 0) is 12.5 Å². The van der Waals surface area contributed by atoms with Crippen LogP contribution in [0.1, 0.15) is 21.9 Å². The molecule has 0 aliphatic rings. The van der Waals surface area contributed by atoms with E-state index in [1.54, 1.807) is 18.2 Å². The second-order valence-electron chi connectivity index (χ2n) is 5.92. The number of allylic oxidation sites excluding steroid dienone is 1. The summed E-state index contributed by atoms with van der Waals surface area (Å²) < 4.78 is 78.6. The van der Waals surface area contributed by atoms with Crippen molar-refractivity contribution in [1.29, 1.82) is 5.26 Å². The van der Waals surface area contributed by atoms with Gasteiger partial charge in [0, 0.05) is 12.4 Å². The molecule has 2 N–H and O–H groups in total. The van der Waals surface area contributed by atoms with Crippen LogP contribution < -0.4 is 10.9 Å². The highest BCUT2D eigenvalue weighted by atomic mass is 19.4. The molecule has 2 heterocycles. The predicted octanol–water partition coefficient (Wildman–Crippen LogP) is 3.73. The number of nitrogens with one attached hydrogen (secondary N) is 2. The lowest BCUT2D eigenvalue weighted by Gasteiger charge is -2.13. The molecule has 13 heteroatoms. The number of benzene rings is 1. The number of hydrogen-bond acceptors (Lipinski definition) is 5. The van der Waals surface area contributed by atoms with Gasteiger partial charge in [0.25, 0.3) is 0 Å². The summed E-state index contributed by atoms with van der Waals surface area (Å²) in [6.45, 7) is 0. The molecule has 2 aromatic heterocycles. The second kappa shape index (κ2) is 7.98. The van der Waals surface area contributed by atoms with Crippen molar-refractivity contribution >= 4 is 22.5 Å². The molecule has 0 saturated heterocycles. The fourth-order valence-corrected chi connectivity index (χ4v) is 2.58. The molecule has 1 aromatic carbocycles. The summed E-state index contributed by atoms with van der Waals surface area (Å²) in [5.74, 6) is -2.59. The Morgan fingerprint density at radius 2 is 1.87 bits per heavy atom. The maximum absolute atomic E-state index is 13.5. The van der Waals surface area contributed by atoms with Gasteiger partial charge in [-0.2, -0.15) is 18.4 Å². The van der Waals surface area contributed by atoms with E-state index in [9.17, 15) is 31.1 Å². The van der Waals surface area contributed by atoms with E-state index in [0.29, 0.717) is 6.07 Å². The van der Waals surface area contributed by atoms with Crippen LogP contribution in [0.15, 0.2) is 48.8 Å². The third-order valence-corrected chi connectivity index (χ3v) is 3.90. The van der Waals surface area contributed by atoms with Crippen molar-refractivity contribution in [3.63, 3.8) is 0 Å². The largest absolute Gasteiger partial charge is 0.490 e. The van der Waals surface area contributed by atoms with Gasteiger partial charge in [-0.05, 0) is 30.3 Å². The van der Waals surface area contributed by atoms with Gasteiger partial charge in [0.15, 0.2) is 0 Å². The summed E-state index contributed by atoms with van der Waals surface area (Å²) in [5, 5.41) is 9.13. The van der Waals surface area contributed by atoms with Crippen LogP contribution in [0.25, 0.3) is 16.6 Å². The van der Waals surface area contributed by atoms with Crippen molar-refractivity contribution in [2.24, 2.45) is 0 Å². The Labute approximate surface area is 169 Å². The van der Waals surface area contributed by atoms with E-state index in [-0.39, 0.29) is 17.3 Å². The Morgan fingerprint density at radius 3 is 2.45 bits per heavy atom. The highest BCUT2D eigenvalue weighted by molar-refractivity contribution is 5.95. The normalized spacial score (nSPS) is 12.5. The summed E-state index contributed by atoms with van der Waals surface area (Å²) in [6.07, 6.45) is -7.72. The van der Waals surface area contributed by atoms with Crippen LogP contribution >= 0.6 is 0 Å². The average Bonchev–Trinajstić information content (AvgIpc) is 3.10. The number of carbonyl (C=O) groups is 1. The van der Waals surface area contributed by atoms with E-state index in [1.165, 1.54) is 12.3 Å². The summed E-state index contributed by atoms with van der Waals surface area (Å²) in [4.78, 5) is 19.7. The molecule has 31 heavy (non-hydrogen) atoms. The maximum atomic E-state index is 13.5. The number of nitriles is 1. The van der Waals surface area contributed by atoms with Gasteiger partial charge in [0.05, 0.1) is 27.9 Å². The molecule has 0 aliphatic heterocycles. The molecule has 0 radical (unpaired) electrons. The number of imidazole rings is 1. The zero-order valence-corrected chi connectivity index (χ0v) is 15.1. The van der Waals surface area contributed by atoms with Crippen molar-refractivity contribution in [3.8, 4) is 6.07 Å². The van der Waals surface area contributed by atoms with Gasteiger partial charge in [-0.3, -0.25) is 15.2 Å². The topological polar surface area (TPSA) is 95.6 Å². The smallest absolute Gasteiger partial charge is 0.304 e. The van der Waals surface area contributed by atoms with E-state index in [4.69, 9.17) is 5.26 Å². The van der Waals surface area contributed by atoms with E-state index in [2.05, 4.69) is 15.4 Å². The molecule has 0 unspecified atom stereocenters. The number of aromatic nitrogens is 3. The molecule has 1 amide bonds. The van der Waals surface area contributed by atoms with Crippen molar-refractivity contribution in [2.45, 2.75) is 12.5 Å². The molecular weight excluding hydrogens is 430 g/mol. The Balaban J connectivity index is 1.93. The average molecular weight is 440 g/mol. The van der Waals surface area contributed by atoms with Crippen molar-refractivity contribution < 1.29 is 31.1 Å². The van der Waals surface area contributed by atoms with Crippen LogP contribution in [0.5, 0.6) is 0 Å². The quantitative estimate of drug-likeness (QED) is 0.366. The first-order chi connectivity index (χ1) is 14.5. The minimum Gasteiger partial charge on any atom is -0.304 e. The second-order valence-corrected chi connectivity index (χ2v) is 5.92. The molecule has 0 fully saturated rings. The first-order valence-electron chi connectivity index (χ1n) is 8.27. The van der Waals surface area contributed by atoms with Gasteiger partial charge in [-0.25, -0.2) is 9.55 Å². The number of amides is 1. The first kappa shape index (κ1) is 21.6. The van der Waals surface area contributed by atoms with Gasteiger partial charge in [0.1, 0.15) is 6.07 Å². The van der Waals surface area contributed by atoms with Gasteiger partial charge in [-0.15, -0.1) is 13.2 Å². The monoisotopic (exact) mass is 440 g/mol. The number of rotatable bonds is 4. The Hall–Kier alpha value is -4.08. The standard InChI is InChI=1S/C18H10F6N6O/c19-17(20,21)11-4-5-13-14(7-11)30(18(22,23)24)15(28-13)16(31)29-27-9-10(8-25)12-3-1-2-6-26-12/h1-7,9,27H,(H,29,31). The molecule has 0 aliphatic carbocycles. The minimum atomic E-state index is -5.23. The van der Waals surface area contributed by atoms with E-state index in [1.807, 2.05) is 5.43 Å². The number of pyridine rings is 1. The summed E-state index contributed by atoms with van der Waals surface area (Å²) in [5.41, 5.74) is 1.53. The third kappa shape index (κ3) is 4.58. The van der Waals surface area contributed by atoms with Crippen LogP contribution in [0, 0.1) is 11.3 Å². The summed E-state index contributed by atoms with van der Waals surface area (Å²) in [6, 6.07) is 8.01. The summed E-state index contributed by atoms with van der Waals surface area (Å²) in [7, 11) is 0. The van der Waals surface area contributed by atoms with Crippen molar-refractivity contribution in [2.75, 3.05) is 0 Å². The molecule has 7 nitrogen and oxygen atoms in total. The SMILES string of the molecule is N#CC(=CNNC(=O)c1nc2ccc(C(F)(F)F)cc2n1C(F)(F)F)c1ccccn1. The molecule has 0 spiro atoms. The van der Waals surface area contributed by atoms with Gasteiger partial charge >= 0.3 is 18.4 Å². The lowest BCUT2D eigenvalue weighted by molar-refractivity contribution is -0.201. The minimum absolute atomic E-state index is 0.0416. The molecule has 3 aromatic rings. The number of carbonyl (C=O) groups excluding carboxylic acids is 1. The predicted molar refractivity (Wildman–Crippen MR) is 94.5 cm³/mol. The van der Waals surface area contributed by atoms with Gasteiger partial charge in [-0.1, -0.05) is 6.07 Å². The number of nitrogens with zero attached hydrogens (tertiary/aromatic N) is 4. The number of halogens is 6. The van der Waals surface area contributed by atoms with Crippen LogP contribution in [0.2, 0.25) is 0 Å². The molecule has 160 valence electrons. The summed E-state index contributed by atoms with van der Waals surface area (Å²) >= 11 is 0. The number of fused-ring (bicyclic) bond motifs is 1. The molecule has 0 atom stereocenters. The fraction of sp³-hybridized carbons (Fsp3) is 0.111. The maximum Gasteiger partial charge on any atom is 0.490 e. The highest BCUT2D eigenvalue weighted by Gasteiger charge is 2.39. The Bertz CT molecular complexity index is 1190. The van der Waals surface area contributed by atoms with Crippen LogP contribution in [0.4, 0.5) is 26.3 Å². The Morgan fingerprint density at radius 1 is 1.13 bits per heavy atom. The third-order valence-electron chi connectivity index (χ3n) is 3.90. The lowest BCUT2D eigenvalue weighted by atomic mass is 10.2. The molecule has 0 saturated carbocycles. The lowest BCUT2D eigenvalue weighted by Crippen LogP contribution is -2.37. The fourth-order valence-electron chi connectivity index (χ4n) is 2.58. The number of alkyl halides is 6. The van der Waals surface area contributed by atoms with E-state index < -0.39 is 45.4 Å². The zero-order chi connectivity index (χ0) is 22.8. The van der Waals surface area contributed by atoms with Crippen molar-refractivity contribution in [3.05, 3.63) is 65.9 Å². The number of hydrogen-bond donors (Lipinski definition) is 2. The van der Waals surface area contributed by atoms with Crippen molar-refractivity contribution in [1.82, 2.24) is 25.4 Å². The van der Waals surface area contributed by atoms with Gasteiger partial charge < -0.3 is 5.43 Å². The Kier molecular flexibility index (Phi) is 5.56. The first-order valence-corrected chi connectivity index (χ1v) is 8.27. The van der Waals surface area contributed by atoms with Gasteiger partial charge in [0.2, 0.25) is 5.82 Å². The van der Waals surface area contributed by atoms with Crippen LogP contribution in [-0.4, -0.2) is 20.4 Å². The highest BCUT2D eigenvalue weighted by Crippen LogP contribution is 2.35. The molecular formula is C18H10F6N6O. The molecule has 3 rings (SSSR count). The van der Waals surface area contributed by atoms with E-state index in [0.717, 1.165) is 12.3 Å². The van der Waals surface area contributed by atoms with E-state index >= 15 is 0 Å². The zero-order valence-electron chi connectivity index (χ0n) is 15.1. The molecule has 0 bridgehead atoms.